The van der Waals surface area contributed by atoms with Crippen LogP contribution in [0, 0.1) is 0 Å². The van der Waals surface area contributed by atoms with Gasteiger partial charge >= 0.3 is 0 Å². The van der Waals surface area contributed by atoms with Crippen LogP contribution in [0.2, 0.25) is 0 Å². The number of nitrogens with one attached hydrogen (secondary N) is 1. The van der Waals surface area contributed by atoms with Gasteiger partial charge in [0, 0.05) is 7.05 Å². The topological polar surface area (TPSA) is 64.0 Å². The number of rotatable bonds is 6. The van der Waals surface area contributed by atoms with Crippen molar-refractivity contribution in [1.82, 2.24) is 14.3 Å². The van der Waals surface area contributed by atoms with Gasteiger partial charge in [0.05, 0.1) is 23.3 Å². The Balaban J connectivity index is 2.12. The average molecular weight is 281 g/mol. The molecule has 0 bridgehead atoms. The molecule has 1 aromatic heterocycles. The number of aromatic nitrogens is 2. The van der Waals surface area contributed by atoms with Gasteiger partial charge in [-0.15, -0.1) is 0 Å². The van der Waals surface area contributed by atoms with Crippen LogP contribution in [0.25, 0.3) is 11.0 Å². The minimum atomic E-state index is -3.20. The average Bonchev–Trinajstić information content (AvgIpc) is 2.72. The van der Waals surface area contributed by atoms with Crippen molar-refractivity contribution in [3.63, 3.8) is 0 Å². The Hall–Kier alpha value is -1.40. The minimum absolute atomic E-state index is 0.174. The third kappa shape index (κ3) is 3.33. The Labute approximate surface area is 113 Å². The van der Waals surface area contributed by atoms with E-state index in [2.05, 4.69) is 9.71 Å². The number of hydrogen-bond donors (Lipinski definition) is 1. The third-order valence-corrected chi connectivity index (χ3v) is 4.51. The molecule has 2 aromatic rings. The lowest BCUT2D eigenvalue weighted by molar-refractivity contribution is 0.574. The summed E-state index contributed by atoms with van der Waals surface area (Å²) >= 11 is 0. The van der Waals surface area contributed by atoms with Crippen LogP contribution in [0.15, 0.2) is 24.3 Å². The van der Waals surface area contributed by atoms with Crippen LogP contribution in [0.1, 0.15) is 25.6 Å². The lowest BCUT2D eigenvalue weighted by Gasteiger charge is -2.06. The summed E-state index contributed by atoms with van der Waals surface area (Å²) in [7, 11) is -1.31. The fraction of sp³-hybridized carbons (Fsp3) is 0.462. The molecule has 1 N–H and O–H groups in total. The van der Waals surface area contributed by atoms with Crippen molar-refractivity contribution < 1.29 is 8.42 Å². The second-order valence-corrected chi connectivity index (χ2v) is 6.50. The summed E-state index contributed by atoms with van der Waals surface area (Å²) < 4.78 is 28.0. The van der Waals surface area contributed by atoms with E-state index in [-0.39, 0.29) is 12.3 Å². The molecule has 2 rings (SSSR count). The molecule has 1 aromatic carbocycles. The highest BCUT2D eigenvalue weighted by atomic mass is 32.2. The van der Waals surface area contributed by atoms with Crippen LogP contribution in [-0.2, 0) is 23.6 Å². The largest absolute Gasteiger partial charge is 0.330 e. The van der Waals surface area contributed by atoms with E-state index < -0.39 is 10.0 Å². The van der Waals surface area contributed by atoms with Gasteiger partial charge in [-0.3, -0.25) is 0 Å². The molecule has 6 heteroatoms. The second kappa shape index (κ2) is 5.71. The van der Waals surface area contributed by atoms with E-state index >= 15 is 0 Å². The first-order chi connectivity index (χ1) is 9.03. The van der Waals surface area contributed by atoms with E-state index in [1.807, 2.05) is 42.8 Å². The predicted octanol–water partition coefficient (Wildman–Crippen LogP) is 1.79. The molecular formula is C13H19N3O2S. The number of nitrogens with zero attached hydrogens (tertiary/aromatic N) is 2. The van der Waals surface area contributed by atoms with Gasteiger partial charge in [-0.2, -0.15) is 0 Å². The monoisotopic (exact) mass is 281 g/mol. The van der Waals surface area contributed by atoms with Gasteiger partial charge in [0.2, 0.25) is 10.0 Å². The van der Waals surface area contributed by atoms with E-state index in [0.29, 0.717) is 6.42 Å². The first-order valence-electron chi connectivity index (χ1n) is 6.41. The normalized spacial score (nSPS) is 12.1. The molecule has 0 aliphatic rings. The zero-order chi connectivity index (χ0) is 13.9. The summed E-state index contributed by atoms with van der Waals surface area (Å²) in [4.78, 5) is 4.43. The molecule has 5 nitrogen and oxygen atoms in total. The van der Waals surface area contributed by atoms with Crippen LogP contribution in [0.4, 0.5) is 0 Å². The molecule has 0 fully saturated rings. The quantitative estimate of drug-likeness (QED) is 0.878. The maximum atomic E-state index is 11.7. The SMILES string of the molecule is CCCCS(=O)(=O)NCc1nc2ccccc2n1C. The zero-order valence-corrected chi connectivity index (χ0v) is 12.1. The van der Waals surface area contributed by atoms with Crippen molar-refractivity contribution in [2.75, 3.05) is 5.75 Å². The number of hydrogen-bond acceptors (Lipinski definition) is 3. The molecule has 0 spiro atoms. The smallest absolute Gasteiger partial charge is 0.212 e. The third-order valence-electron chi connectivity index (χ3n) is 3.10. The van der Waals surface area contributed by atoms with Crippen LogP contribution in [0.3, 0.4) is 0 Å². The standard InChI is InChI=1S/C13H19N3O2S/c1-3-4-9-19(17,18)14-10-13-15-11-7-5-6-8-12(11)16(13)2/h5-8,14H,3-4,9-10H2,1-2H3. The Morgan fingerprint density at radius 3 is 2.74 bits per heavy atom. The van der Waals surface area contributed by atoms with Crippen molar-refractivity contribution in [3.8, 4) is 0 Å². The number of benzene rings is 1. The summed E-state index contributed by atoms with van der Waals surface area (Å²) in [5.41, 5.74) is 1.89. The number of fused-ring (bicyclic) bond motifs is 1. The van der Waals surface area contributed by atoms with Crippen molar-refractivity contribution in [2.24, 2.45) is 7.05 Å². The van der Waals surface area contributed by atoms with Crippen molar-refractivity contribution >= 4 is 21.1 Å². The number of imidazole rings is 1. The maximum Gasteiger partial charge on any atom is 0.212 e. The van der Waals surface area contributed by atoms with Gasteiger partial charge in [0.25, 0.3) is 0 Å². The van der Waals surface area contributed by atoms with E-state index in [9.17, 15) is 8.42 Å². The van der Waals surface area contributed by atoms with E-state index in [0.717, 1.165) is 23.3 Å². The first kappa shape index (κ1) is 14.0. The molecule has 0 saturated carbocycles. The van der Waals surface area contributed by atoms with E-state index in [1.54, 1.807) is 0 Å². The highest BCUT2D eigenvalue weighted by molar-refractivity contribution is 7.89. The molecular weight excluding hydrogens is 262 g/mol. The predicted molar refractivity (Wildman–Crippen MR) is 76.2 cm³/mol. The van der Waals surface area contributed by atoms with Gasteiger partial charge < -0.3 is 4.57 Å². The van der Waals surface area contributed by atoms with Crippen LogP contribution < -0.4 is 4.72 Å². The van der Waals surface area contributed by atoms with Crippen molar-refractivity contribution in [3.05, 3.63) is 30.1 Å². The lowest BCUT2D eigenvalue weighted by Crippen LogP contribution is -2.27. The summed E-state index contributed by atoms with van der Waals surface area (Å²) in [6.45, 7) is 2.21. The van der Waals surface area contributed by atoms with Crippen LogP contribution in [0.5, 0.6) is 0 Å². The van der Waals surface area contributed by atoms with Gasteiger partial charge in [-0.05, 0) is 18.6 Å². The Bertz CT molecular complexity index is 662. The van der Waals surface area contributed by atoms with Crippen LogP contribution in [-0.4, -0.2) is 23.7 Å². The molecule has 19 heavy (non-hydrogen) atoms. The second-order valence-electron chi connectivity index (χ2n) is 4.57. The summed E-state index contributed by atoms with van der Waals surface area (Å²) in [5.74, 6) is 0.897. The maximum absolute atomic E-state index is 11.7. The van der Waals surface area contributed by atoms with E-state index in [4.69, 9.17) is 0 Å². The number of aryl methyl sites for hydroxylation is 1. The molecule has 1 heterocycles. The highest BCUT2D eigenvalue weighted by Crippen LogP contribution is 2.14. The number of para-hydroxylation sites is 2. The molecule has 0 saturated heterocycles. The molecule has 104 valence electrons. The van der Waals surface area contributed by atoms with Crippen molar-refractivity contribution in [2.45, 2.75) is 26.3 Å². The van der Waals surface area contributed by atoms with E-state index in [1.165, 1.54) is 0 Å². The van der Waals surface area contributed by atoms with Gasteiger partial charge in [-0.1, -0.05) is 25.5 Å². The molecule has 0 aliphatic carbocycles. The van der Waals surface area contributed by atoms with Gasteiger partial charge in [0.1, 0.15) is 5.82 Å². The fourth-order valence-electron chi connectivity index (χ4n) is 1.93. The molecule has 0 aliphatic heterocycles. The summed E-state index contributed by atoms with van der Waals surface area (Å²) in [6.07, 6.45) is 1.55. The van der Waals surface area contributed by atoms with Crippen LogP contribution >= 0.6 is 0 Å². The first-order valence-corrected chi connectivity index (χ1v) is 8.06. The molecule has 0 radical (unpaired) electrons. The minimum Gasteiger partial charge on any atom is -0.330 e. The Kier molecular flexibility index (Phi) is 4.21. The molecule has 0 amide bonds. The van der Waals surface area contributed by atoms with Gasteiger partial charge in [0.15, 0.2) is 0 Å². The lowest BCUT2D eigenvalue weighted by atomic mass is 10.3. The number of unbranched alkanes of at least 4 members (excludes halogenated alkanes) is 1. The molecule has 0 atom stereocenters. The number of sulfonamides is 1. The summed E-state index contributed by atoms with van der Waals surface area (Å²) in [5, 5.41) is 0. The van der Waals surface area contributed by atoms with Crippen molar-refractivity contribution in [1.29, 1.82) is 0 Å². The summed E-state index contributed by atoms with van der Waals surface area (Å²) in [6, 6.07) is 7.76. The molecule has 0 unspecified atom stereocenters. The fourth-order valence-corrected chi connectivity index (χ4v) is 3.10. The highest BCUT2D eigenvalue weighted by Gasteiger charge is 2.12. The Morgan fingerprint density at radius 1 is 1.32 bits per heavy atom. The van der Waals surface area contributed by atoms with Gasteiger partial charge in [-0.25, -0.2) is 18.1 Å². The Morgan fingerprint density at radius 2 is 2.05 bits per heavy atom. The zero-order valence-electron chi connectivity index (χ0n) is 11.3.